The van der Waals surface area contributed by atoms with Gasteiger partial charge >= 0.3 is 6.18 Å². The van der Waals surface area contributed by atoms with Crippen LogP contribution in [0.5, 0.6) is 0 Å². The SMILES string of the molecule is [B]c1ccc(/C(=N\N(C)C)C(=O)C(F)(F)F)cc1. The van der Waals surface area contributed by atoms with Crippen LogP contribution in [0.15, 0.2) is 29.4 Å². The normalized spacial score (nSPS) is 12.4. The lowest BCUT2D eigenvalue weighted by Crippen LogP contribution is -2.33. The van der Waals surface area contributed by atoms with Crippen LogP contribution in [0.25, 0.3) is 0 Å². The highest BCUT2D eigenvalue weighted by atomic mass is 19.4. The van der Waals surface area contributed by atoms with Crippen LogP contribution in [0, 0.1) is 0 Å². The molecule has 0 aliphatic carbocycles. The molecule has 0 bridgehead atoms. The van der Waals surface area contributed by atoms with E-state index in [0.29, 0.717) is 5.46 Å². The van der Waals surface area contributed by atoms with Gasteiger partial charge in [0.05, 0.1) is 0 Å². The zero-order valence-corrected chi connectivity index (χ0v) is 9.82. The molecule has 1 aromatic carbocycles. The van der Waals surface area contributed by atoms with E-state index in [-0.39, 0.29) is 5.56 Å². The second-order valence-electron chi connectivity index (χ2n) is 3.74. The first-order valence-corrected chi connectivity index (χ1v) is 4.95. The van der Waals surface area contributed by atoms with Crippen molar-refractivity contribution in [3.63, 3.8) is 0 Å². The highest BCUT2D eigenvalue weighted by molar-refractivity contribution is 6.48. The van der Waals surface area contributed by atoms with Crippen LogP contribution in [-0.4, -0.2) is 44.6 Å². The molecule has 0 heterocycles. The van der Waals surface area contributed by atoms with Gasteiger partial charge in [0, 0.05) is 19.7 Å². The Bertz CT molecular complexity index is 466. The third-order valence-corrected chi connectivity index (χ3v) is 1.96. The second-order valence-corrected chi connectivity index (χ2v) is 3.74. The number of halogens is 3. The number of hydrazone groups is 1. The van der Waals surface area contributed by atoms with Crippen molar-refractivity contribution < 1.29 is 18.0 Å². The number of alkyl halides is 3. The predicted molar refractivity (Wildman–Crippen MR) is 63.1 cm³/mol. The maximum atomic E-state index is 12.4. The topological polar surface area (TPSA) is 32.7 Å². The van der Waals surface area contributed by atoms with Gasteiger partial charge in [-0.25, -0.2) is 0 Å². The molecule has 2 radical (unpaired) electrons. The summed E-state index contributed by atoms with van der Waals surface area (Å²) in [6.45, 7) is 0. The summed E-state index contributed by atoms with van der Waals surface area (Å²) in [6, 6.07) is 5.46. The average molecular weight is 254 g/mol. The van der Waals surface area contributed by atoms with Crippen molar-refractivity contribution in [2.24, 2.45) is 5.10 Å². The maximum Gasteiger partial charge on any atom is 0.456 e. The first-order chi connectivity index (χ1) is 8.21. The highest BCUT2D eigenvalue weighted by Gasteiger charge is 2.42. The van der Waals surface area contributed by atoms with Gasteiger partial charge in [0.25, 0.3) is 5.78 Å². The van der Waals surface area contributed by atoms with E-state index < -0.39 is 17.7 Å². The van der Waals surface area contributed by atoms with Crippen molar-refractivity contribution in [2.45, 2.75) is 6.18 Å². The Morgan fingerprint density at radius 2 is 1.72 bits per heavy atom. The molecule has 0 saturated carbocycles. The summed E-state index contributed by atoms with van der Waals surface area (Å²) in [5.41, 5.74) is -0.199. The Hall–Kier alpha value is -1.79. The minimum absolute atomic E-state index is 0.0697. The van der Waals surface area contributed by atoms with Gasteiger partial charge in [0.15, 0.2) is 0 Å². The zero-order valence-electron chi connectivity index (χ0n) is 9.82. The molecule has 3 nitrogen and oxygen atoms in total. The number of carbonyl (C=O) groups is 1. The molecule has 18 heavy (non-hydrogen) atoms. The van der Waals surface area contributed by atoms with Gasteiger partial charge < -0.3 is 5.01 Å². The summed E-state index contributed by atoms with van der Waals surface area (Å²) in [5.74, 6) is -1.99. The van der Waals surface area contributed by atoms with Gasteiger partial charge in [-0.15, -0.1) is 0 Å². The standard InChI is InChI=1S/C11H10BF3N2O/c1-17(2)16-9(10(18)11(13,14)15)7-3-5-8(12)6-4-7/h3-6H,1-2H3/b16-9+. The molecule has 1 aromatic rings. The largest absolute Gasteiger partial charge is 0.456 e. The monoisotopic (exact) mass is 254 g/mol. The molecule has 0 aromatic heterocycles. The van der Waals surface area contributed by atoms with Gasteiger partial charge in [-0.3, -0.25) is 4.79 Å². The summed E-state index contributed by atoms with van der Waals surface area (Å²) in [7, 11) is 8.30. The summed E-state index contributed by atoms with van der Waals surface area (Å²) in [6.07, 6.45) is -4.96. The minimum atomic E-state index is -4.96. The minimum Gasteiger partial charge on any atom is -0.302 e. The van der Waals surface area contributed by atoms with Crippen LogP contribution in [0.3, 0.4) is 0 Å². The molecule has 0 spiro atoms. The van der Waals surface area contributed by atoms with Crippen molar-refractivity contribution in [2.75, 3.05) is 14.1 Å². The lowest BCUT2D eigenvalue weighted by atomic mass is 9.94. The quantitative estimate of drug-likeness (QED) is 0.455. The maximum absolute atomic E-state index is 12.4. The van der Waals surface area contributed by atoms with Gasteiger partial charge in [-0.05, 0) is 0 Å². The highest BCUT2D eigenvalue weighted by Crippen LogP contribution is 2.19. The van der Waals surface area contributed by atoms with E-state index in [1.807, 2.05) is 0 Å². The molecule has 1 rings (SSSR count). The third kappa shape index (κ3) is 3.61. The number of nitrogens with zero attached hydrogens (tertiary/aromatic N) is 2. The first-order valence-electron chi connectivity index (χ1n) is 4.95. The molecule has 0 amide bonds. The smallest absolute Gasteiger partial charge is 0.302 e. The van der Waals surface area contributed by atoms with Gasteiger partial charge in [0.1, 0.15) is 13.6 Å². The molecular formula is C11H10BF3N2O. The molecular weight excluding hydrogens is 244 g/mol. The van der Waals surface area contributed by atoms with E-state index in [4.69, 9.17) is 7.85 Å². The average Bonchev–Trinajstić information content (AvgIpc) is 2.25. The molecule has 0 aliphatic heterocycles. The fourth-order valence-corrected chi connectivity index (χ4v) is 1.21. The molecule has 0 unspecified atom stereocenters. The van der Waals surface area contributed by atoms with Crippen molar-refractivity contribution in [3.05, 3.63) is 29.8 Å². The van der Waals surface area contributed by atoms with Crippen molar-refractivity contribution in [3.8, 4) is 0 Å². The van der Waals surface area contributed by atoms with E-state index in [2.05, 4.69) is 5.10 Å². The predicted octanol–water partition coefficient (Wildman–Crippen LogP) is 0.877. The number of rotatable bonds is 3. The van der Waals surface area contributed by atoms with E-state index in [0.717, 1.165) is 5.01 Å². The Morgan fingerprint density at radius 1 is 1.22 bits per heavy atom. The second kappa shape index (κ2) is 5.24. The molecule has 0 atom stereocenters. The number of ketones is 1. The lowest BCUT2D eigenvalue weighted by Gasteiger charge is -2.12. The fraction of sp³-hybridized carbons (Fsp3) is 0.273. The van der Waals surface area contributed by atoms with Crippen molar-refractivity contribution in [1.29, 1.82) is 0 Å². The Balaban J connectivity index is 3.23. The van der Waals surface area contributed by atoms with E-state index in [9.17, 15) is 18.0 Å². The molecule has 7 heteroatoms. The van der Waals surface area contributed by atoms with Crippen LogP contribution in [0.2, 0.25) is 0 Å². The number of benzene rings is 1. The Morgan fingerprint density at radius 3 is 2.11 bits per heavy atom. The van der Waals surface area contributed by atoms with Crippen LogP contribution < -0.4 is 5.46 Å². The summed E-state index contributed by atoms with van der Waals surface area (Å²) < 4.78 is 37.3. The molecule has 0 fully saturated rings. The molecule has 0 saturated heterocycles. The Labute approximate surface area is 104 Å². The number of hydrogen-bond acceptors (Lipinski definition) is 3. The van der Waals surface area contributed by atoms with Crippen LogP contribution >= 0.6 is 0 Å². The van der Waals surface area contributed by atoms with Crippen LogP contribution in [0.1, 0.15) is 5.56 Å². The summed E-state index contributed by atoms with van der Waals surface area (Å²) >= 11 is 0. The third-order valence-electron chi connectivity index (χ3n) is 1.96. The number of carbonyl (C=O) groups excluding carboxylic acids is 1. The van der Waals surface area contributed by atoms with Gasteiger partial charge in [0.2, 0.25) is 0 Å². The van der Waals surface area contributed by atoms with E-state index >= 15 is 0 Å². The van der Waals surface area contributed by atoms with Gasteiger partial charge in [-0.1, -0.05) is 29.7 Å². The van der Waals surface area contributed by atoms with Crippen molar-refractivity contribution in [1.82, 2.24) is 5.01 Å². The summed E-state index contributed by atoms with van der Waals surface area (Å²) in [5, 5.41) is 4.72. The molecule has 0 N–H and O–H groups in total. The van der Waals surface area contributed by atoms with E-state index in [1.54, 1.807) is 0 Å². The van der Waals surface area contributed by atoms with Crippen LogP contribution in [0.4, 0.5) is 13.2 Å². The fourth-order valence-electron chi connectivity index (χ4n) is 1.21. The Kier molecular flexibility index (Phi) is 4.16. The first kappa shape index (κ1) is 14.3. The molecule has 94 valence electrons. The summed E-state index contributed by atoms with van der Waals surface area (Å²) in [4.78, 5) is 11.3. The van der Waals surface area contributed by atoms with Crippen LogP contribution in [-0.2, 0) is 4.79 Å². The van der Waals surface area contributed by atoms with E-state index in [1.165, 1.54) is 38.4 Å². The van der Waals surface area contributed by atoms with Crippen molar-refractivity contribution >= 4 is 24.8 Å². The molecule has 0 aliphatic rings. The zero-order chi connectivity index (χ0) is 13.9. The lowest BCUT2D eigenvalue weighted by molar-refractivity contribution is -0.163. The van der Waals surface area contributed by atoms with Gasteiger partial charge in [-0.2, -0.15) is 18.3 Å². The number of hydrogen-bond donors (Lipinski definition) is 0. The number of Topliss-reactive ketones (excluding diaryl/α,β-unsaturated/α-hetero) is 1.